The van der Waals surface area contributed by atoms with E-state index in [1.807, 2.05) is 31.3 Å². The summed E-state index contributed by atoms with van der Waals surface area (Å²) in [6, 6.07) is 10.0. The Morgan fingerprint density at radius 3 is 2.84 bits per heavy atom. The number of hydrogen-bond acceptors (Lipinski definition) is 4. The molecule has 0 spiro atoms. The maximum Gasteiger partial charge on any atom is 0.124 e. The van der Waals surface area contributed by atoms with Crippen molar-refractivity contribution in [2.75, 3.05) is 26.7 Å². The summed E-state index contributed by atoms with van der Waals surface area (Å²) in [5, 5.41) is 20.9. The Balaban J connectivity index is 2.14. The Bertz CT molecular complexity index is 539. The molecule has 0 aromatic heterocycles. The van der Waals surface area contributed by atoms with Crippen LogP contribution in [0.15, 0.2) is 24.3 Å². The second-order valence-electron chi connectivity index (χ2n) is 5.63. The van der Waals surface area contributed by atoms with Crippen molar-refractivity contribution in [2.45, 2.75) is 23.9 Å². The molecule has 4 heteroatoms. The van der Waals surface area contributed by atoms with Crippen molar-refractivity contribution in [3.05, 3.63) is 29.8 Å². The lowest BCUT2D eigenvalue weighted by atomic mass is 9.64. The summed E-state index contributed by atoms with van der Waals surface area (Å²) in [5.41, 5.74) is -1.01. The van der Waals surface area contributed by atoms with Crippen LogP contribution in [0, 0.1) is 11.3 Å². The molecule has 0 aliphatic carbocycles. The maximum atomic E-state index is 11.1. The minimum Gasteiger partial charge on any atom is -0.493 e. The first-order valence-corrected chi connectivity index (χ1v) is 6.66. The highest BCUT2D eigenvalue weighted by atomic mass is 16.5. The standard InChI is InChI=1S/C15H18N2O2/c1-17-8-6-15(18,11-17)14(10-16)7-9-19-13-5-3-2-4-12(13)14/h2-5,18H,6-9,11H2,1H3. The lowest BCUT2D eigenvalue weighted by Crippen LogP contribution is -2.54. The third-order valence-corrected chi connectivity index (χ3v) is 4.51. The molecule has 0 amide bonds. The molecule has 2 atom stereocenters. The van der Waals surface area contributed by atoms with Crippen LogP contribution >= 0.6 is 0 Å². The number of nitrogens with zero attached hydrogens (tertiary/aromatic N) is 2. The Labute approximate surface area is 113 Å². The molecule has 100 valence electrons. The average molecular weight is 258 g/mol. The van der Waals surface area contributed by atoms with Crippen LogP contribution in [0.5, 0.6) is 5.75 Å². The first-order valence-electron chi connectivity index (χ1n) is 6.66. The number of likely N-dealkylation sites (tertiary alicyclic amines) is 1. The molecular weight excluding hydrogens is 240 g/mol. The van der Waals surface area contributed by atoms with E-state index >= 15 is 0 Å². The molecule has 0 bridgehead atoms. The second-order valence-corrected chi connectivity index (χ2v) is 5.63. The molecule has 2 unspecified atom stereocenters. The Morgan fingerprint density at radius 1 is 1.37 bits per heavy atom. The number of rotatable bonds is 1. The van der Waals surface area contributed by atoms with Gasteiger partial charge in [-0.05, 0) is 19.5 Å². The smallest absolute Gasteiger partial charge is 0.124 e. The molecule has 2 aliphatic rings. The van der Waals surface area contributed by atoms with Crippen LogP contribution in [0.25, 0.3) is 0 Å². The predicted octanol–water partition coefficient (Wildman–Crippen LogP) is 1.30. The number of β-amino-alcohol motifs (C(OH)–C–C–N with tert-alkyl or cyclic N) is 1. The molecule has 0 radical (unpaired) electrons. The van der Waals surface area contributed by atoms with Crippen molar-refractivity contribution in [1.82, 2.24) is 4.90 Å². The van der Waals surface area contributed by atoms with E-state index in [0.29, 0.717) is 26.0 Å². The summed E-state index contributed by atoms with van der Waals surface area (Å²) in [4.78, 5) is 2.08. The van der Waals surface area contributed by atoms with Crippen LogP contribution in [0.1, 0.15) is 18.4 Å². The molecular formula is C15H18N2O2. The number of ether oxygens (including phenoxy) is 1. The topological polar surface area (TPSA) is 56.5 Å². The fourth-order valence-corrected chi connectivity index (χ4v) is 3.43. The molecule has 3 rings (SSSR count). The number of fused-ring (bicyclic) bond motifs is 1. The van der Waals surface area contributed by atoms with Gasteiger partial charge in [-0.3, -0.25) is 0 Å². The average Bonchev–Trinajstić information content (AvgIpc) is 2.79. The highest BCUT2D eigenvalue weighted by Gasteiger charge is 2.56. The van der Waals surface area contributed by atoms with Crippen LogP contribution in [0.2, 0.25) is 0 Å². The Hall–Kier alpha value is -1.57. The lowest BCUT2D eigenvalue weighted by molar-refractivity contribution is -0.0211. The van der Waals surface area contributed by atoms with Gasteiger partial charge < -0.3 is 14.7 Å². The van der Waals surface area contributed by atoms with Crippen LogP contribution in [0.3, 0.4) is 0 Å². The van der Waals surface area contributed by atoms with Crippen molar-refractivity contribution >= 4 is 0 Å². The quantitative estimate of drug-likeness (QED) is 0.825. The number of likely N-dealkylation sites (N-methyl/N-ethyl adjacent to an activating group) is 1. The van der Waals surface area contributed by atoms with Crippen LogP contribution in [0.4, 0.5) is 0 Å². The molecule has 1 aromatic carbocycles. The van der Waals surface area contributed by atoms with Crippen LogP contribution in [-0.2, 0) is 5.41 Å². The fourth-order valence-electron chi connectivity index (χ4n) is 3.43. The minimum absolute atomic E-state index is 0.483. The third-order valence-electron chi connectivity index (χ3n) is 4.51. The van der Waals surface area contributed by atoms with Crippen molar-refractivity contribution in [2.24, 2.45) is 0 Å². The minimum atomic E-state index is -0.990. The van der Waals surface area contributed by atoms with Gasteiger partial charge >= 0.3 is 0 Å². The van der Waals surface area contributed by atoms with Gasteiger partial charge in [-0.15, -0.1) is 0 Å². The summed E-state index contributed by atoms with van der Waals surface area (Å²) in [5.74, 6) is 0.735. The van der Waals surface area contributed by atoms with E-state index in [0.717, 1.165) is 17.9 Å². The number of para-hydroxylation sites is 1. The summed E-state index contributed by atoms with van der Waals surface area (Å²) in [6.07, 6.45) is 1.18. The van der Waals surface area contributed by atoms with Crippen molar-refractivity contribution in [3.8, 4) is 11.8 Å². The summed E-state index contributed by atoms with van der Waals surface area (Å²) in [7, 11) is 1.98. The highest BCUT2D eigenvalue weighted by Crippen LogP contribution is 2.48. The molecule has 19 heavy (non-hydrogen) atoms. The zero-order chi connectivity index (χ0) is 13.5. The van der Waals surface area contributed by atoms with E-state index in [1.165, 1.54) is 0 Å². The van der Waals surface area contributed by atoms with Crippen molar-refractivity contribution < 1.29 is 9.84 Å². The predicted molar refractivity (Wildman–Crippen MR) is 70.9 cm³/mol. The molecule has 1 fully saturated rings. The van der Waals surface area contributed by atoms with Crippen molar-refractivity contribution in [1.29, 1.82) is 5.26 Å². The molecule has 4 nitrogen and oxygen atoms in total. The molecule has 2 heterocycles. The zero-order valence-electron chi connectivity index (χ0n) is 11.1. The number of aliphatic hydroxyl groups is 1. The van der Waals surface area contributed by atoms with Gasteiger partial charge in [0.1, 0.15) is 16.8 Å². The van der Waals surface area contributed by atoms with Gasteiger partial charge in [-0.25, -0.2) is 0 Å². The summed E-state index contributed by atoms with van der Waals surface area (Å²) >= 11 is 0. The van der Waals surface area contributed by atoms with E-state index in [1.54, 1.807) is 0 Å². The largest absolute Gasteiger partial charge is 0.493 e. The van der Waals surface area contributed by atoms with Gasteiger partial charge in [0.15, 0.2) is 0 Å². The van der Waals surface area contributed by atoms with E-state index in [-0.39, 0.29) is 0 Å². The summed E-state index contributed by atoms with van der Waals surface area (Å²) in [6.45, 7) is 1.84. The van der Waals surface area contributed by atoms with Crippen molar-refractivity contribution in [3.63, 3.8) is 0 Å². The first kappa shape index (κ1) is 12.5. The Morgan fingerprint density at radius 2 is 2.16 bits per heavy atom. The molecule has 1 N–H and O–H groups in total. The van der Waals surface area contributed by atoms with Crippen LogP contribution in [-0.4, -0.2) is 42.4 Å². The maximum absolute atomic E-state index is 11.1. The SMILES string of the molecule is CN1CCC(O)(C2(C#N)CCOc3ccccc32)C1. The Kier molecular flexibility index (Phi) is 2.77. The zero-order valence-corrected chi connectivity index (χ0v) is 11.1. The fraction of sp³-hybridized carbons (Fsp3) is 0.533. The van der Waals surface area contributed by atoms with E-state index in [4.69, 9.17) is 4.74 Å². The van der Waals surface area contributed by atoms with Gasteiger partial charge in [-0.2, -0.15) is 5.26 Å². The molecule has 1 saturated heterocycles. The van der Waals surface area contributed by atoms with Gasteiger partial charge in [0.05, 0.1) is 12.7 Å². The number of nitriles is 1. The lowest BCUT2D eigenvalue weighted by Gasteiger charge is -2.43. The number of hydrogen-bond donors (Lipinski definition) is 1. The first-order chi connectivity index (χ1) is 9.11. The van der Waals surface area contributed by atoms with Crippen LogP contribution < -0.4 is 4.74 Å². The van der Waals surface area contributed by atoms with Gasteiger partial charge in [0.2, 0.25) is 0 Å². The normalized spacial score (nSPS) is 34.4. The molecule has 0 saturated carbocycles. The summed E-state index contributed by atoms with van der Waals surface area (Å²) < 4.78 is 5.64. The molecule has 2 aliphatic heterocycles. The van der Waals surface area contributed by atoms with Gasteiger partial charge in [-0.1, -0.05) is 18.2 Å². The van der Waals surface area contributed by atoms with Gasteiger partial charge in [0.25, 0.3) is 0 Å². The molecule has 1 aromatic rings. The monoisotopic (exact) mass is 258 g/mol. The van der Waals surface area contributed by atoms with E-state index in [2.05, 4.69) is 11.0 Å². The number of benzene rings is 1. The van der Waals surface area contributed by atoms with Gasteiger partial charge in [0, 0.05) is 25.1 Å². The second kappa shape index (κ2) is 4.22. The highest BCUT2D eigenvalue weighted by molar-refractivity contribution is 5.48. The third kappa shape index (κ3) is 1.66. The van der Waals surface area contributed by atoms with E-state index < -0.39 is 11.0 Å². The van der Waals surface area contributed by atoms with E-state index in [9.17, 15) is 10.4 Å².